The molecule has 0 atom stereocenters. The summed E-state index contributed by atoms with van der Waals surface area (Å²) in [5.74, 6) is 0.331. The average Bonchev–Trinajstić information content (AvgIpc) is 2.38. The second-order valence-corrected chi connectivity index (χ2v) is 6.59. The Morgan fingerprint density at radius 2 is 2.00 bits per heavy atom. The maximum atomic E-state index is 12.2. The third-order valence-electron chi connectivity index (χ3n) is 2.44. The van der Waals surface area contributed by atoms with Gasteiger partial charge in [-0.25, -0.2) is 13.1 Å². The summed E-state index contributed by atoms with van der Waals surface area (Å²) in [7, 11) is -2.11. The van der Waals surface area contributed by atoms with Gasteiger partial charge in [0, 0.05) is 17.6 Å². The summed E-state index contributed by atoms with van der Waals surface area (Å²) in [5.41, 5.74) is 0. The van der Waals surface area contributed by atoms with Gasteiger partial charge in [0.2, 0.25) is 10.0 Å². The quantitative estimate of drug-likeness (QED) is 0.700. The molecule has 0 amide bonds. The summed E-state index contributed by atoms with van der Waals surface area (Å²) in [4.78, 5) is 0.139. The molecule has 0 fully saturated rings. The van der Waals surface area contributed by atoms with E-state index >= 15 is 0 Å². The van der Waals surface area contributed by atoms with E-state index in [0.717, 1.165) is 13.0 Å². The molecular formula is C12H19BrN2O3S. The van der Waals surface area contributed by atoms with Crippen molar-refractivity contribution in [3.8, 4) is 5.75 Å². The van der Waals surface area contributed by atoms with Gasteiger partial charge >= 0.3 is 0 Å². The van der Waals surface area contributed by atoms with Crippen molar-refractivity contribution in [2.24, 2.45) is 0 Å². The molecule has 0 saturated carbocycles. The fourth-order valence-corrected chi connectivity index (χ4v) is 3.25. The van der Waals surface area contributed by atoms with Gasteiger partial charge < -0.3 is 10.1 Å². The zero-order valence-corrected chi connectivity index (χ0v) is 13.5. The molecule has 0 aromatic heterocycles. The highest BCUT2D eigenvalue weighted by Gasteiger charge is 2.19. The molecule has 2 N–H and O–H groups in total. The molecule has 0 saturated heterocycles. The van der Waals surface area contributed by atoms with E-state index in [0.29, 0.717) is 23.3 Å². The lowest BCUT2D eigenvalue weighted by Gasteiger charge is -2.11. The lowest BCUT2D eigenvalue weighted by Crippen LogP contribution is -2.32. The van der Waals surface area contributed by atoms with Crippen molar-refractivity contribution in [3.05, 3.63) is 22.7 Å². The van der Waals surface area contributed by atoms with Gasteiger partial charge in [0.25, 0.3) is 0 Å². The number of methoxy groups -OCH3 is 1. The Hall–Kier alpha value is -0.630. The van der Waals surface area contributed by atoms with Gasteiger partial charge in [-0.3, -0.25) is 0 Å². The lowest BCUT2D eigenvalue weighted by molar-refractivity contribution is 0.402. The van der Waals surface area contributed by atoms with E-state index in [4.69, 9.17) is 4.74 Å². The van der Waals surface area contributed by atoms with E-state index in [1.807, 2.05) is 0 Å². The van der Waals surface area contributed by atoms with Crippen LogP contribution in [-0.2, 0) is 10.0 Å². The third kappa shape index (κ3) is 5.10. The van der Waals surface area contributed by atoms with Crippen LogP contribution in [-0.4, -0.2) is 35.2 Å². The van der Waals surface area contributed by atoms with Gasteiger partial charge in [-0.15, -0.1) is 0 Å². The predicted molar refractivity (Wildman–Crippen MR) is 79.0 cm³/mol. The molecule has 19 heavy (non-hydrogen) atoms. The Labute approximate surface area is 122 Å². The summed E-state index contributed by atoms with van der Waals surface area (Å²) in [5, 5.41) is 3.13. The first kappa shape index (κ1) is 16.4. The molecule has 7 heteroatoms. The van der Waals surface area contributed by atoms with Crippen LogP contribution in [0.2, 0.25) is 0 Å². The first-order valence-corrected chi connectivity index (χ1v) is 8.32. The highest BCUT2D eigenvalue weighted by molar-refractivity contribution is 9.10. The molecule has 1 aromatic rings. The number of nitrogens with one attached hydrogen (secondary N) is 2. The Morgan fingerprint density at radius 1 is 1.26 bits per heavy atom. The van der Waals surface area contributed by atoms with Crippen molar-refractivity contribution in [3.63, 3.8) is 0 Å². The molecule has 1 aromatic carbocycles. The predicted octanol–water partition coefficient (Wildman–Crippen LogP) is 1.74. The molecule has 0 spiro atoms. The fraction of sp³-hybridized carbons (Fsp3) is 0.500. The van der Waals surface area contributed by atoms with Crippen molar-refractivity contribution in [1.82, 2.24) is 10.0 Å². The van der Waals surface area contributed by atoms with Crippen molar-refractivity contribution < 1.29 is 13.2 Å². The minimum absolute atomic E-state index is 0.139. The summed E-state index contributed by atoms with van der Waals surface area (Å²) in [6, 6.07) is 4.88. The number of hydrogen-bond acceptors (Lipinski definition) is 4. The zero-order valence-electron chi connectivity index (χ0n) is 11.1. The lowest BCUT2D eigenvalue weighted by atomic mass is 10.3. The van der Waals surface area contributed by atoms with Crippen LogP contribution in [0.25, 0.3) is 0 Å². The number of benzene rings is 1. The summed E-state index contributed by atoms with van der Waals surface area (Å²) < 4.78 is 32.6. The van der Waals surface area contributed by atoms with Crippen LogP contribution < -0.4 is 14.8 Å². The summed E-state index contributed by atoms with van der Waals surface area (Å²) in [6.07, 6.45) is 1.02. The molecule has 0 aliphatic heterocycles. The summed E-state index contributed by atoms with van der Waals surface area (Å²) in [6.45, 7) is 3.88. The Kier molecular flexibility index (Phi) is 6.78. The topological polar surface area (TPSA) is 67.4 Å². The fourth-order valence-electron chi connectivity index (χ4n) is 1.51. The highest BCUT2D eigenvalue weighted by Crippen LogP contribution is 2.26. The minimum Gasteiger partial charge on any atom is -0.495 e. The van der Waals surface area contributed by atoms with Gasteiger partial charge in [0.15, 0.2) is 0 Å². The minimum atomic E-state index is -3.56. The van der Waals surface area contributed by atoms with Gasteiger partial charge in [-0.05, 0) is 31.2 Å². The van der Waals surface area contributed by atoms with Crippen LogP contribution in [0.4, 0.5) is 0 Å². The van der Waals surface area contributed by atoms with E-state index in [-0.39, 0.29) is 4.90 Å². The zero-order chi connectivity index (χ0) is 14.3. The van der Waals surface area contributed by atoms with Gasteiger partial charge in [-0.1, -0.05) is 22.9 Å². The smallest absolute Gasteiger partial charge is 0.244 e. The monoisotopic (exact) mass is 350 g/mol. The molecule has 0 bridgehead atoms. The molecule has 108 valence electrons. The first-order valence-electron chi connectivity index (χ1n) is 6.05. The number of ether oxygens (including phenoxy) is 1. The average molecular weight is 351 g/mol. The largest absolute Gasteiger partial charge is 0.495 e. The van der Waals surface area contributed by atoms with Gasteiger partial charge in [-0.2, -0.15) is 0 Å². The van der Waals surface area contributed by atoms with E-state index < -0.39 is 10.0 Å². The Morgan fingerprint density at radius 3 is 2.63 bits per heavy atom. The number of rotatable bonds is 8. The Bertz CT molecular complexity index is 506. The standard InChI is InChI=1S/C12H19BrN2O3S/c1-3-6-14-7-8-15-19(16,17)12-9-10(13)4-5-11(12)18-2/h4-5,9,14-15H,3,6-8H2,1-2H3. The maximum Gasteiger partial charge on any atom is 0.244 e. The van der Waals surface area contributed by atoms with Gasteiger partial charge in [0.1, 0.15) is 10.6 Å². The number of halogens is 1. The van der Waals surface area contributed by atoms with E-state index in [1.54, 1.807) is 12.1 Å². The van der Waals surface area contributed by atoms with E-state index in [2.05, 4.69) is 32.9 Å². The van der Waals surface area contributed by atoms with E-state index in [1.165, 1.54) is 13.2 Å². The van der Waals surface area contributed by atoms with Crippen molar-refractivity contribution in [1.29, 1.82) is 0 Å². The highest BCUT2D eigenvalue weighted by atomic mass is 79.9. The van der Waals surface area contributed by atoms with Crippen LogP contribution in [0.1, 0.15) is 13.3 Å². The van der Waals surface area contributed by atoms with Crippen LogP contribution >= 0.6 is 15.9 Å². The second-order valence-electron chi connectivity index (χ2n) is 3.94. The molecule has 0 aliphatic carbocycles. The van der Waals surface area contributed by atoms with Crippen molar-refractivity contribution in [2.75, 3.05) is 26.7 Å². The molecular weight excluding hydrogens is 332 g/mol. The first-order chi connectivity index (χ1) is 9.01. The number of hydrogen-bond donors (Lipinski definition) is 2. The molecule has 0 aliphatic rings. The van der Waals surface area contributed by atoms with Crippen LogP contribution in [0.3, 0.4) is 0 Å². The van der Waals surface area contributed by atoms with Gasteiger partial charge in [0.05, 0.1) is 7.11 Å². The van der Waals surface area contributed by atoms with E-state index in [9.17, 15) is 8.42 Å². The van der Waals surface area contributed by atoms with Crippen molar-refractivity contribution >= 4 is 26.0 Å². The number of sulfonamides is 1. The van der Waals surface area contributed by atoms with Crippen LogP contribution in [0, 0.1) is 0 Å². The molecule has 0 radical (unpaired) electrons. The molecule has 0 unspecified atom stereocenters. The van der Waals surface area contributed by atoms with Crippen LogP contribution in [0.15, 0.2) is 27.6 Å². The SMILES string of the molecule is CCCNCCNS(=O)(=O)c1cc(Br)ccc1OC. The second kappa shape index (κ2) is 7.84. The molecule has 0 heterocycles. The Balaban J connectivity index is 2.74. The third-order valence-corrected chi connectivity index (χ3v) is 4.41. The maximum absolute atomic E-state index is 12.2. The normalized spacial score (nSPS) is 11.5. The molecule has 5 nitrogen and oxygen atoms in total. The van der Waals surface area contributed by atoms with Crippen molar-refractivity contribution in [2.45, 2.75) is 18.2 Å². The molecule has 1 rings (SSSR count). The summed E-state index contributed by atoms with van der Waals surface area (Å²) >= 11 is 3.26. The van der Waals surface area contributed by atoms with Crippen LogP contribution in [0.5, 0.6) is 5.75 Å².